The molecule has 6 heteroatoms. The number of nitrogens with one attached hydrogen (secondary N) is 1. The average Bonchev–Trinajstić information content (AvgIpc) is 3.09. The van der Waals surface area contributed by atoms with Crippen molar-refractivity contribution in [2.75, 3.05) is 13.6 Å². The van der Waals surface area contributed by atoms with Crippen LogP contribution in [-0.2, 0) is 11.2 Å². The lowest BCUT2D eigenvalue weighted by Crippen LogP contribution is -2.42. The highest BCUT2D eigenvalue weighted by atomic mass is 32.1. The van der Waals surface area contributed by atoms with Crippen molar-refractivity contribution in [3.05, 3.63) is 42.4 Å². The van der Waals surface area contributed by atoms with Gasteiger partial charge in [-0.3, -0.25) is 4.79 Å². The molecule has 1 atom stereocenters. The molecule has 0 fully saturated rings. The minimum Gasteiger partial charge on any atom is -0.344 e. The van der Waals surface area contributed by atoms with Crippen molar-refractivity contribution in [2.45, 2.75) is 31.7 Å². The van der Waals surface area contributed by atoms with Crippen LogP contribution in [-0.4, -0.2) is 45.8 Å². The van der Waals surface area contributed by atoms with Crippen LogP contribution in [0.4, 0.5) is 0 Å². The monoisotopic (exact) mass is 344 g/mol. The number of hydrogen-bond donors (Lipinski definition) is 2. The van der Waals surface area contributed by atoms with E-state index in [2.05, 4.69) is 22.1 Å². The molecule has 0 bridgehead atoms. The van der Waals surface area contributed by atoms with E-state index in [0.29, 0.717) is 6.54 Å². The van der Waals surface area contributed by atoms with E-state index in [4.69, 9.17) is 18.0 Å². The van der Waals surface area contributed by atoms with Gasteiger partial charge in [0.15, 0.2) is 0 Å². The summed E-state index contributed by atoms with van der Waals surface area (Å²) < 4.78 is 0. The Labute approximate surface area is 148 Å². The molecule has 0 aliphatic carbocycles. The van der Waals surface area contributed by atoms with E-state index >= 15 is 0 Å². The predicted octanol–water partition coefficient (Wildman–Crippen LogP) is 2.57. The largest absolute Gasteiger partial charge is 0.344 e. The molecule has 1 unspecified atom stereocenters. The summed E-state index contributed by atoms with van der Waals surface area (Å²) in [7, 11) is 1.76. The molecule has 1 aromatic carbocycles. The third-order valence-electron chi connectivity index (χ3n) is 3.93. The van der Waals surface area contributed by atoms with Crippen molar-refractivity contribution in [1.82, 2.24) is 14.9 Å². The number of benzene rings is 1. The zero-order chi connectivity index (χ0) is 17.4. The van der Waals surface area contributed by atoms with Gasteiger partial charge in [0, 0.05) is 25.4 Å². The number of aromatic amines is 1. The van der Waals surface area contributed by atoms with E-state index < -0.39 is 6.04 Å². The third-order valence-corrected chi connectivity index (χ3v) is 4.22. The topological polar surface area (TPSA) is 75.0 Å². The van der Waals surface area contributed by atoms with Gasteiger partial charge in [0.2, 0.25) is 5.91 Å². The Hall–Kier alpha value is -2.05. The second-order valence-corrected chi connectivity index (χ2v) is 6.11. The highest BCUT2D eigenvalue weighted by Crippen LogP contribution is 2.16. The maximum Gasteiger partial charge on any atom is 0.244 e. The Balaban J connectivity index is 1.69. The van der Waals surface area contributed by atoms with Gasteiger partial charge in [-0.05, 0) is 18.4 Å². The number of carbonyl (C=O) groups is 1. The first-order chi connectivity index (χ1) is 11.6. The van der Waals surface area contributed by atoms with Gasteiger partial charge in [0.1, 0.15) is 11.9 Å². The van der Waals surface area contributed by atoms with E-state index in [0.717, 1.165) is 42.8 Å². The Morgan fingerprint density at radius 1 is 1.33 bits per heavy atom. The van der Waals surface area contributed by atoms with Gasteiger partial charge in [0.25, 0.3) is 0 Å². The Kier molecular flexibility index (Phi) is 7.08. The number of rotatable bonds is 9. The van der Waals surface area contributed by atoms with Crippen LogP contribution in [0.3, 0.4) is 0 Å². The van der Waals surface area contributed by atoms with Gasteiger partial charge in [0.05, 0.1) is 11.9 Å². The van der Waals surface area contributed by atoms with Crippen LogP contribution >= 0.6 is 12.2 Å². The molecule has 5 nitrogen and oxygen atoms in total. The van der Waals surface area contributed by atoms with Crippen molar-refractivity contribution in [1.29, 1.82) is 0 Å². The van der Waals surface area contributed by atoms with E-state index in [1.54, 1.807) is 11.9 Å². The molecule has 1 amide bonds. The zero-order valence-electron chi connectivity index (χ0n) is 13.9. The number of hydrogen-bond acceptors (Lipinski definition) is 4. The Bertz CT molecular complexity index is 656. The van der Waals surface area contributed by atoms with E-state index in [1.807, 2.05) is 24.4 Å². The minimum absolute atomic E-state index is 0.122. The summed E-state index contributed by atoms with van der Waals surface area (Å²) >= 11 is 4.71. The van der Waals surface area contributed by atoms with Crippen molar-refractivity contribution in [2.24, 2.45) is 5.73 Å². The van der Waals surface area contributed by atoms with Crippen LogP contribution in [0.15, 0.2) is 36.5 Å². The molecule has 0 radical (unpaired) electrons. The summed E-state index contributed by atoms with van der Waals surface area (Å²) in [4.78, 5) is 21.2. The maximum absolute atomic E-state index is 11.8. The number of aryl methyl sites for hydroxylation is 1. The molecule has 3 N–H and O–H groups in total. The molecule has 0 saturated heterocycles. The molecule has 24 heavy (non-hydrogen) atoms. The number of likely N-dealkylation sites (N-methyl/N-ethyl adjacent to an activating group) is 1. The lowest BCUT2D eigenvalue weighted by molar-refractivity contribution is -0.129. The molecule has 1 aromatic heterocycles. The number of amides is 1. The SMILES string of the molecule is CN(CCCCCc1ncc(-c2ccccc2)[nH]1)C(=O)C(N)C=S. The van der Waals surface area contributed by atoms with Crippen molar-refractivity contribution in [3.8, 4) is 11.3 Å². The normalized spacial score (nSPS) is 11.9. The number of unbranched alkanes of at least 4 members (excludes halogenated alkanes) is 2. The van der Waals surface area contributed by atoms with Gasteiger partial charge < -0.3 is 15.6 Å². The van der Waals surface area contributed by atoms with Crippen LogP contribution in [0.1, 0.15) is 25.1 Å². The summed E-state index contributed by atoms with van der Waals surface area (Å²) in [6.07, 6.45) is 5.79. The zero-order valence-corrected chi connectivity index (χ0v) is 14.8. The molecule has 2 rings (SSSR count). The fraction of sp³-hybridized carbons (Fsp3) is 0.389. The second-order valence-electron chi connectivity index (χ2n) is 5.84. The van der Waals surface area contributed by atoms with Crippen LogP contribution in [0, 0.1) is 0 Å². The van der Waals surface area contributed by atoms with Crippen molar-refractivity contribution in [3.63, 3.8) is 0 Å². The first kappa shape index (κ1) is 18.3. The minimum atomic E-state index is -0.676. The number of H-pyrrole nitrogens is 1. The molecule has 0 saturated carbocycles. The van der Waals surface area contributed by atoms with Gasteiger partial charge in [-0.25, -0.2) is 4.98 Å². The number of nitrogens with two attached hydrogens (primary N) is 1. The molecular weight excluding hydrogens is 320 g/mol. The van der Waals surface area contributed by atoms with Crippen molar-refractivity contribution >= 4 is 23.5 Å². The first-order valence-electron chi connectivity index (χ1n) is 8.17. The number of nitrogens with zero attached hydrogens (tertiary/aromatic N) is 2. The van der Waals surface area contributed by atoms with Crippen molar-refractivity contribution < 1.29 is 4.79 Å². The Morgan fingerprint density at radius 3 is 2.79 bits per heavy atom. The summed E-state index contributed by atoms with van der Waals surface area (Å²) in [5, 5.41) is 1.31. The Morgan fingerprint density at radius 2 is 2.08 bits per heavy atom. The summed E-state index contributed by atoms with van der Waals surface area (Å²) in [5.41, 5.74) is 7.80. The fourth-order valence-corrected chi connectivity index (χ4v) is 2.61. The lowest BCUT2D eigenvalue weighted by atomic mass is 10.1. The van der Waals surface area contributed by atoms with Gasteiger partial charge >= 0.3 is 0 Å². The molecule has 0 aliphatic heterocycles. The molecule has 1 heterocycles. The third kappa shape index (κ3) is 5.25. The summed E-state index contributed by atoms with van der Waals surface area (Å²) in [6, 6.07) is 9.49. The quantitative estimate of drug-likeness (QED) is 0.541. The van der Waals surface area contributed by atoms with E-state index in [-0.39, 0.29) is 5.91 Å². The van der Waals surface area contributed by atoms with Gasteiger partial charge in [-0.15, -0.1) is 0 Å². The number of carbonyl (C=O) groups excluding carboxylic acids is 1. The summed E-state index contributed by atoms with van der Waals surface area (Å²) in [5.74, 6) is 0.879. The molecule has 2 aromatic rings. The van der Waals surface area contributed by atoms with Crippen LogP contribution < -0.4 is 5.73 Å². The van der Waals surface area contributed by atoms with Gasteiger partial charge in [-0.1, -0.05) is 49.0 Å². The molecule has 0 spiro atoms. The van der Waals surface area contributed by atoms with Crippen LogP contribution in [0.2, 0.25) is 0 Å². The summed E-state index contributed by atoms with van der Waals surface area (Å²) in [6.45, 7) is 0.698. The number of thiocarbonyl (C=S) groups is 1. The van der Waals surface area contributed by atoms with E-state index in [9.17, 15) is 4.79 Å². The first-order valence-corrected chi connectivity index (χ1v) is 8.64. The highest BCUT2D eigenvalue weighted by molar-refractivity contribution is 7.79. The standard InChI is InChI=1S/C18H24N4OS/c1-22(18(23)15(19)13-24)11-7-3-6-10-17-20-12-16(21-17)14-8-4-2-5-9-14/h2,4-5,8-9,12-13,15H,3,6-7,10-11,19H2,1H3,(H,20,21). The predicted molar refractivity (Wildman–Crippen MR) is 101 cm³/mol. The number of imidazole rings is 1. The molecular formula is C18H24N4OS. The lowest BCUT2D eigenvalue weighted by Gasteiger charge is -2.18. The fourth-order valence-electron chi connectivity index (χ4n) is 2.50. The maximum atomic E-state index is 11.8. The molecule has 128 valence electrons. The van der Waals surface area contributed by atoms with E-state index in [1.165, 1.54) is 5.37 Å². The highest BCUT2D eigenvalue weighted by Gasteiger charge is 2.14. The van der Waals surface area contributed by atoms with Crippen LogP contribution in [0.25, 0.3) is 11.3 Å². The van der Waals surface area contributed by atoms with Crippen LogP contribution in [0.5, 0.6) is 0 Å². The molecule has 0 aliphatic rings. The van der Waals surface area contributed by atoms with Gasteiger partial charge in [-0.2, -0.15) is 0 Å². The smallest absolute Gasteiger partial charge is 0.244 e. The average molecular weight is 344 g/mol. The number of aromatic nitrogens is 2. The second kappa shape index (κ2) is 9.30.